The Balaban J connectivity index is 1.83. The summed E-state index contributed by atoms with van der Waals surface area (Å²) < 4.78 is 37.9. The van der Waals surface area contributed by atoms with E-state index in [1.807, 2.05) is 18.2 Å². The van der Waals surface area contributed by atoms with Gasteiger partial charge in [0.25, 0.3) is 0 Å². The number of aromatic nitrogens is 1. The lowest BCUT2D eigenvalue weighted by Crippen LogP contribution is -2.38. The van der Waals surface area contributed by atoms with Crippen LogP contribution in [0.15, 0.2) is 24.4 Å². The zero-order valence-electron chi connectivity index (χ0n) is 10.1. The summed E-state index contributed by atoms with van der Waals surface area (Å²) in [6.07, 6.45) is -0.438. The first kappa shape index (κ1) is 13.3. The van der Waals surface area contributed by atoms with Crippen molar-refractivity contribution in [2.45, 2.75) is 44.4 Å². The number of hydrogen-bond acceptors (Lipinski definition) is 2. The Morgan fingerprint density at radius 3 is 2.78 bits per heavy atom. The molecule has 2 atom stereocenters. The number of pyridine rings is 1. The summed E-state index contributed by atoms with van der Waals surface area (Å²) in [5.41, 5.74) is 0.867. The van der Waals surface area contributed by atoms with E-state index in [9.17, 15) is 13.2 Å². The first-order valence-electron chi connectivity index (χ1n) is 6.25. The molecule has 0 aliphatic heterocycles. The summed E-state index contributed by atoms with van der Waals surface area (Å²) in [5, 5.41) is 3.18. The number of halogens is 3. The molecular weight excluding hydrogens is 241 g/mol. The molecule has 5 heteroatoms. The molecule has 1 aromatic rings. The Morgan fingerprint density at radius 1 is 1.28 bits per heavy atom. The van der Waals surface area contributed by atoms with Gasteiger partial charge in [-0.1, -0.05) is 12.5 Å². The van der Waals surface area contributed by atoms with E-state index in [4.69, 9.17) is 0 Å². The van der Waals surface area contributed by atoms with Gasteiger partial charge in [-0.05, 0) is 31.4 Å². The van der Waals surface area contributed by atoms with E-state index in [0.717, 1.165) is 12.1 Å². The SMILES string of the molecule is FC(F)(F)C1CCCC(NCc2ccccn2)C1. The maximum Gasteiger partial charge on any atom is 0.391 e. The molecule has 1 fully saturated rings. The minimum absolute atomic E-state index is 0.0487. The van der Waals surface area contributed by atoms with Crippen LogP contribution in [-0.4, -0.2) is 17.2 Å². The monoisotopic (exact) mass is 258 g/mol. The molecule has 100 valence electrons. The van der Waals surface area contributed by atoms with Crippen molar-refractivity contribution in [2.75, 3.05) is 0 Å². The smallest absolute Gasteiger partial charge is 0.308 e. The predicted octanol–water partition coefficient (Wildman–Crippen LogP) is 3.29. The maximum atomic E-state index is 12.6. The number of alkyl halides is 3. The lowest BCUT2D eigenvalue weighted by molar-refractivity contribution is -0.183. The number of rotatable bonds is 3. The van der Waals surface area contributed by atoms with Crippen LogP contribution in [0.1, 0.15) is 31.4 Å². The molecule has 1 heterocycles. The Bertz CT molecular complexity index is 364. The molecule has 1 N–H and O–H groups in total. The molecule has 0 bridgehead atoms. The van der Waals surface area contributed by atoms with Gasteiger partial charge in [-0.25, -0.2) is 0 Å². The first-order valence-corrected chi connectivity index (χ1v) is 6.25. The molecule has 2 rings (SSSR count). The summed E-state index contributed by atoms with van der Waals surface area (Å²) in [4.78, 5) is 4.15. The van der Waals surface area contributed by atoms with E-state index < -0.39 is 12.1 Å². The van der Waals surface area contributed by atoms with Gasteiger partial charge < -0.3 is 5.32 Å². The summed E-state index contributed by atoms with van der Waals surface area (Å²) in [7, 11) is 0. The highest BCUT2D eigenvalue weighted by molar-refractivity contribution is 5.03. The van der Waals surface area contributed by atoms with Crippen molar-refractivity contribution < 1.29 is 13.2 Å². The molecule has 18 heavy (non-hydrogen) atoms. The van der Waals surface area contributed by atoms with Gasteiger partial charge in [-0.15, -0.1) is 0 Å². The quantitative estimate of drug-likeness (QED) is 0.899. The Hall–Kier alpha value is -1.10. The zero-order valence-corrected chi connectivity index (χ0v) is 10.1. The first-order chi connectivity index (χ1) is 8.55. The molecular formula is C13H17F3N2. The van der Waals surface area contributed by atoms with Crippen molar-refractivity contribution in [3.05, 3.63) is 30.1 Å². The highest BCUT2D eigenvalue weighted by atomic mass is 19.4. The average molecular weight is 258 g/mol. The highest BCUT2D eigenvalue weighted by Crippen LogP contribution is 2.37. The normalized spacial score (nSPS) is 25.1. The van der Waals surface area contributed by atoms with Crippen molar-refractivity contribution in [3.8, 4) is 0 Å². The molecule has 0 saturated heterocycles. The molecule has 1 aliphatic carbocycles. The second kappa shape index (κ2) is 5.69. The molecule has 0 spiro atoms. The molecule has 2 unspecified atom stereocenters. The average Bonchev–Trinajstić information content (AvgIpc) is 2.37. The Morgan fingerprint density at radius 2 is 2.11 bits per heavy atom. The summed E-state index contributed by atoms with van der Waals surface area (Å²) in [6.45, 7) is 0.538. The van der Waals surface area contributed by atoms with Gasteiger partial charge in [0.1, 0.15) is 0 Å². The topological polar surface area (TPSA) is 24.9 Å². The molecule has 1 saturated carbocycles. The lowest BCUT2D eigenvalue weighted by Gasteiger charge is -2.31. The van der Waals surface area contributed by atoms with Gasteiger partial charge >= 0.3 is 6.18 Å². The van der Waals surface area contributed by atoms with Crippen molar-refractivity contribution >= 4 is 0 Å². The van der Waals surface area contributed by atoms with Gasteiger partial charge in [0.15, 0.2) is 0 Å². The zero-order chi connectivity index (χ0) is 13.0. The van der Waals surface area contributed by atoms with Crippen LogP contribution in [-0.2, 0) is 6.54 Å². The van der Waals surface area contributed by atoms with Crippen LogP contribution in [0.5, 0.6) is 0 Å². The van der Waals surface area contributed by atoms with Gasteiger partial charge in [0.05, 0.1) is 11.6 Å². The van der Waals surface area contributed by atoms with Crippen LogP contribution in [0, 0.1) is 5.92 Å². The van der Waals surface area contributed by atoms with Crippen LogP contribution in [0.4, 0.5) is 13.2 Å². The summed E-state index contributed by atoms with van der Waals surface area (Å²) >= 11 is 0. The van der Waals surface area contributed by atoms with E-state index >= 15 is 0 Å². The number of nitrogens with zero attached hydrogens (tertiary/aromatic N) is 1. The summed E-state index contributed by atoms with van der Waals surface area (Å²) in [5.74, 6) is -1.15. The molecule has 2 nitrogen and oxygen atoms in total. The van der Waals surface area contributed by atoms with Gasteiger partial charge in [0.2, 0.25) is 0 Å². The molecule has 1 aliphatic rings. The predicted molar refractivity (Wildman–Crippen MR) is 62.9 cm³/mol. The molecule has 0 amide bonds. The molecule has 1 aromatic heterocycles. The van der Waals surface area contributed by atoms with Crippen molar-refractivity contribution in [2.24, 2.45) is 5.92 Å². The van der Waals surface area contributed by atoms with Crippen LogP contribution in [0.2, 0.25) is 0 Å². The fourth-order valence-corrected chi connectivity index (χ4v) is 2.42. The van der Waals surface area contributed by atoms with Crippen LogP contribution in [0.3, 0.4) is 0 Å². The van der Waals surface area contributed by atoms with Crippen LogP contribution in [0.25, 0.3) is 0 Å². The second-order valence-corrected chi connectivity index (χ2v) is 4.80. The van der Waals surface area contributed by atoms with Crippen molar-refractivity contribution in [1.82, 2.24) is 10.3 Å². The van der Waals surface area contributed by atoms with Gasteiger partial charge in [0, 0.05) is 18.8 Å². The fraction of sp³-hybridized carbons (Fsp3) is 0.615. The minimum atomic E-state index is -4.05. The van der Waals surface area contributed by atoms with Crippen molar-refractivity contribution in [3.63, 3.8) is 0 Å². The highest BCUT2D eigenvalue weighted by Gasteiger charge is 2.41. The lowest BCUT2D eigenvalue weighted by atomic mass is 9.85. The van der Waals surface area contributed by atoms with Crippen LogP contribution < -0.4 is 5.32 Å². The maximum absolute atomic E-state index is 12.6. The minimum Gasteiger partial charge on any atom is -0.308 e. The summed E-state index contributed by atoms with van der Waals surface area (Å²) in [6, 6.07) is 5.52. The largest absolute Gasteiger partial charge is 0.391 e. The van der Waals surface area contributed by atoms with Crippen LogP contribution >= 0.6 is 0 Å². The van der Waals surface area contributed by atoms with E-state index in [1.165, 1.54) is 0 Å². The molecule has 0 aromatic carbocycles. The number of nitrogens with one attached hydrogen (secondary N) is 1. The number of hydrogen-bond donors (Lipinski definition) is 1. The van der Waals surface area contributed by atoms with E-state index in [0.29, 0.717) is 13.0 Å². The molecule has 0 radical (unpaired) electrons. The van der Waals surface area contributed by atoms with Crippen molar-refractivity contribution in [1.29, 1.82) is 0 Å². The fourth-order valence-electron chi connectivity index (χ4n) is 2.42. The third kappa shape index (κ3) is 3.70. The third-order valence-corrected chi connectivity index (χ3v) is 3.44. The second-order valence-electron chi connectivity index (χ2n) is 4.80. The third-order valence-electron chi connectivity index (χ3n) is 3.44. The Labute approximate surface area is 105 Å². The van der Waals surface area contributed by atoms with E-state index in [1.54, 1.807) is 6.20 Å². The standard InChI is InChI=1S/C13H17F3N2/c14-13(15,16)10-4-3-6-11(8-10)18-9-12-5-1-2-7-17-12/h1-2,5,7,10-11,18H,3-4,6,8-9H2. The van der Waals surface area contributed by atoms with Gasteiger partial charge in [-0.3, -0.25) is 4.98 Å². The van der Waals surface area contributed by atoms with E-state index in [2.05, 4.69) is 10.3 Å². The Kier molecular flexibility index (Phi) is 4.22. The van der Waals surface area contributed by atoms with Gasteiger partial charge in [-0.2, -0.15) is 13.2 Å². The van der Waals surface area contributed by atoms with E-state index in [-0.39, 0.29) is 18.9 Å².